The molecule has 2 amide bonds. The van der Waals surface area contributed by atoms with E-state index in [-0.39, 0.29) is 22.2 Å². The zero-order valence-electron chi connectivity index (χ0n) is 15.6. The predicted molar refractivity (Wildman–Crippen MR) is 114 cm³/mol. The van der Waals surface area contributed by atoms with Crippen molar-refractivity contribution in [2.24, 2.45) is 0 Å². The van der Waals surface area contributed by atoms with Crippen LogP contribution in [0.5, 0.6) is 0 Å². The van der Waals surface area contributed by atoms with Crippen molar-refractivity contribution in [2.45, 2.75) is 13.0 Å². The Balaban J connectivity index is 1.56. The third kappa shape index (κ3) is 5.43. The Kier molecular flexibility index (Phi) is 6.81. The van der Waals surface area contributed by atoms with Crippen LogP contribution in [0.15, 0.2) is 60.0 Å². The van der Waals surface area contributed by atoms with Gasteiger partial charge >= 0.3 is 5.97 Å². The van der Waals surface area contributed by atoms with Crippen molar-refractivity contribution in [3.05, 3.63) is 81.3 Å². The van der Waals surface area contributed by atoms with Crippen molar-refractivity contribution in [3.63, 3.8) is 0 Å². The first kappa shape index (κ1) is 21.5. The summed E-state index contributed by atoms with van der Waals surface area (Å²) in [6.45, 7) is 1.40. The fraction of sp³-hybridized carbons (Fsp3) is 0.0952. The molecule has 154 valence electrons. The Morgan fingerprint density at radius 1 is 1.07 bits per heavy atom. The summed E-state index contributed by atoms with van der Waals surface area (Å²) in [5.74, 6) is -2.10. The maximum absolute atomic E-state index is 13.1. The number of esters is 1. The van der Waals surface area contributed by atoms with E-state index in [4.69, 9.17) is 16.3 Å². The predicted octanol–water partition coefficient (Wildman–Crippen LogP) is 4.98. The number of hydrogen-bond donors (Lipinski definition) is 2. The molecule has 2 N–H and O–H groups in total. The molecule has 0 aliphatic rings. The second kappa shape index (κ2) is 9.51. The van der Waals surface area contributed by atoms with Crippen LogP contribution in [0, 0.1) is 5.82 Å². The number of hydrogen-bond acceptors (Lipinski definition) is 5. The van der Waals surface area contributed by atoms with Crippen LogP contribution < -0.4 is 10.6 Å². The fourth-order valence-electron chi connectivity index (χ4n) is 2.40. The van der Waals surface area contributed by atoms with Crippen molar-refractivity contribution in [2.75, 3.05) is 10.6 Å². The van der Waals surface area contributed by atoms with Gasteiger partial charge in [0.2, 0.25) is 0 Å². The molecule has 0 bridgehead atoms. The first-order chi connectivity index (χ1) is 14.3. The molecule has 1 atom stereocenters. The molecule has 0 radical (unpaired) electrons. The molecule has 3 rings (SSSR count). The smallest absolute Gasteiger partial charge is 0.338 e. The molecule has 1 aromatic heterocycles. The zero-order chi connectivity index (χ0) is 21.7. The fourth-order valence-corrected chi connectivity index (χ4v) is 3.23. The van der Waals surface area contributed by atoms with Crippen LogP contribution in [0.25, 0.3) is 0 Å². The lowest BCUT2D eigenvalue weighted by molar-refractivity contribution is -0.123. The zero-order valence-corrected chi connectivity index (χ0v) is 17.2. The molecular formula is C21H16ClFN2O4S. The minimum absolute atomic E-state index is 0.0297. The molecule has 0 aliphatic heterocycles. The molecule has 6 nitrogen and oxygen atoms in total. The SMILES string of the molecule is CC(OC(=O)c1ccc(NC(=O)c2cccs2)cc1)C(=O)Nc1ccc(F)cc1Cl. The molecule has 1 unspecified atom stereocenters. The van der Waals surface area contributed by atoms with Crippen molar-refractivity contribution in [3.8, 4) is 0 Å². The summed E-state index contributed by atoms with van der Waals surface area (Å²) in [6, 6.07) is 13.1. The molecule has 0 spiro atoms. The van der Waals surface area contributed by atoms with E-state index in [2.05, 4.69) is 10.6 Å². The summed E-state index contributed by atoms with van der Waals surface area (Å²) in [4.78, 5) is 37.1. The van der Waals surface area contributed by atoms with Gasteiger partial charge in [-0.1, -0.05) is 17.7 Å². The van der Waals surface area contributed by atoms with E-state index in [1.54, 1.807) is 29.6 Å². The van der Waals surface area contributed by atoms with Crippen molar-refractivity contribution < 1.29 is 23.5 Å². The van der Waals surface area contributed by atoms with E-state index in [9.17, 15) is 18.8 Å². The Labute approximate surface area is 180 Å². The lowest BCUT2D eigenvalue weighted by atomic mass is 10.2. The van der Waals surface area contributed by atoms with Gasteiger partial charge in [-0.25, -0.2) is 9.18 Å². The number of carbonyl (C=O) groups is 3. The van der Waals surface area contributed by atoms with E-state index in [0.717, 1.165) is 12.1 Å². The van der Waals surface area contributed by atoms with Crippen LogP contribution in [0.4, 0.5) is 15.8 Å². The Hall–Kier alpha value is -3.23. The summed E-state index contributed by atoms with van der Waals surface area (Å²) in [5, 5.41) is 7.03. The number of nitrogens with one attached hydrogen (secondary N) is 2. The van der Waals surface area contributed by atoms with Gasteiger partial charge in [-0.05, 0) is 60.8 Å². The molecular weight excluding hydrogens is 431 g/mol. The molecule has 0 fully saturated rings. The highest BCUT2D eigenvalue weighted by Crippen LogP contribution is 2.23. The Bertz CT molecular complexity index is 1070. The summed E-state index contributed by atoms with van der Waals surface area (Å²) < 4.78 is 18.2. The van der Waals surface area contributed by atoms with Crippen LogP contribution in [0.3, 0.4) is 0 Å². The maximum atomic E-state index is 13.1. The van der Waals surface area contributed by atoms with Crippen molar-refractivity contribution in [1.29, 1.82) is 0 Å². The van der Waals surface area contributed by atoms with E-state index < -0.39 is 23.8 Å². The molecule has 9 heteroatoms. The summed E-state index contributed by atoms with van der Waals surface area (Å²) in [7, 11) is 0. The normalized spacial score (nSPS) is 11.4. The quantitative estimate of drug-likeness (QED) is 0.523. The summed E-state index contributed by atoms with van der Waals surface area (Å²) in [5.41, 5.74) is 0.932. The number of amides is 2. The molecule has 30 heavy (non-hydrogen) atoms. The second-order valence-electron chi connectivity index (χ2n) is 6.17. The first-order valence-corrected chi connectivity index (χ1v) is 10.0. The van der Waals surface area contributed by atoms with Gasteiger partial charge < -0.3 is 15.4 Å². The number of thiophene rings is 1. The highest BCUT2D eigenvalue weighted by Gasteiger charge is 2.20. The summed E-state index contributed by atoms with van der Waals surface area (Å²) >= 11 is 7.19. The van der Waals surface area contributed by atoms with Crippen LogP contribution >= 0.6 is 22.9 Å². The van der Waals surface area contributed by atoms with Crippen molar-refractivity contribution >= 4 is 52.1 Å². The number of rotatable bonds is 6. The van der Waals surface area contributed by atoms with Gasteiger partial charge in [-0.3, -0.25) is 9.59 Å². The third-order valence-electron chi connectivity index (χ3n) is 3.97. The molecule has 2 aromatic carbocycles. The minimum atomic E-state index is -1.11. The summed E-state index contributed by atoms with van der Waals surface area (Å²) in [6.07, 6.45) is -1.11. The molecule has 1 heterocycles. The van der Waals surface area contributed by atoms with E-state index >= 15 is 0 Å². The number of halogens is 2. The highest BCUT2D eigenvalue weighted by molar-refractivity contribution is 7.12. The second-order valence-corrected chi connectivity index (χ2v) is 7.52. The Morgan fingerprint density at radius 2 is 1.80 bits per heavy atom. The van der Waals surface area contributed by atoms with Gasteiger partial charge in [0.05, 0.1) is 21.2 Å². The first-order valence-electron chi connectivity index (χ1n) is 8.75. The van der Waals surface area contributed by atoms with Gasteiger partial charge in [0, 0.05) is 5.69 Å². The topological polar surface area (TPSA) is 84.5 Å². The van der Waals surface area contributed by atoms with Crippen molar-refractivity contribution in [1.82, 2.24) is 0 Å². The molecule has 0 saturated heterocycles. The number of ether oxygens (including phenoxy) is 1. The van der Waals surface area contributed by atoms with Gasteiger partial charge in [-0.15, -0.1) is 11.3 Å². The van der Waals surface area contributed by atoms with E-state index in [1.165, 1.54) is 36.5 Å². The van der Waals surface area contributed by atoms with E-state index in [0.29, 0.717) is 10.6 Å². The lowest BCUT2D eigenvalue weighted by Gasteiger charge is -2.14. The number of anilines is 2. The maximum Gasteiger partial charge on any atom is 0.338 e. The molecule has 0 aliphatic carbocycles. The van der Waals surface area contributed by atoms with Gasteiger partial charge in [0.25, 0.3) is 11.8 Å². The number of benzene rings is 2. The van der Waals surface area contributed by atoms with Gasteiger partial charge in [0.15, 0.2) is 6.10 Å². The Morgan fingerprint density at radius 3 is 2.43 bits per heavy atom. The monoisotopic (exact) mass is 446 g/mol. The van der Waals surface area contributed by atoms with Crippen LogP contribution in [-0.2, 0) is 9.53 Å². The van der Waals surface area contributed by atoms with Crippen LogP contribution in [0.1, 0.15) is 27.0 Å². The third-order valence-corrected chi connectivity index (χ3v) is 5.15. The molecule has 3 aromatic rings. The average Bonchev–Trinajstić information content (AvgIpc) is 3.25. The van der Waals surface area contributed by atoms with Crippen LogP contribution in [-0.4, -0.2) is 23.9 Å². The van der Waals surface area contributed by atoms with E-state index in [1.807, 2.05) is 0 Å². The standard InChI is InChI=1S/C21H16ClFN2O4S/c1-12(19(26)25-17-9-6-14(23)11-16(17)22)29-21(28)13-4-7-15(8-5-13)24-20(27)18-3-2-10-30-18/h2-12H,1H3,(H,24,27)(H,25,26). The highest BCUT2D eigenvalue weighted by atomic mass is 35.5. The average molecular weight is 447 g/mol. The number of carbonyl (C=O) groups excluding carboxylic acids is 3. The van der Waals surface area contributed by atoms with Crippen LogP contribution in [0.2, 0.25) is 5.02 Å². The van der Waals surface area contributed by atoms with Gasteiger partial charge in [-0.2, -0.15) is 0 Å². The lowest BCUT2D eigenvalue weighted by Crippen LogP contribution is -2.30. The minimum Gasteiger partial charge on any atom is -0.449 e. The molecule has 0 saturated carbocycles. The largest absolute Gasteiger partial charge is 0.449 e. The van der Waals surface area contributed by atoms with Gasteiger partial charge in [0.1, 0.15) is 5.82 Å².